The third kappa shape index (κ3) is 2.72. The Morgan fingerprint density at radius 2 is 2.35 bits per heavy atom. The molecule has 0 spiro atoms. The number of nitrogens with one attached hydrogen (secondary N) is 1. The average Bonchev–Trinajstić information content (AvgIpc) is 2.80. The molecule has 0 aliphatic heterocycles. The number of carbonyl (C=O) groups excluding carboxylic acids is 1. The zero-order valence-electron chi connectivity index (χ0n) is 10.3. The predicted octanol–water partition coefficient (Wildman–Crippen LogP) is 0.702. The lowest BCUT2D eigenvalue weighted by atomic mass is 10.2. The quantitative estimate of drug-likeness (QED) is 0.504. The first kappa shape index (κ1) is 13.9. The van der Waals surface area contributed by atoms with Crippen LogP contribution in [-0.4, -0.2) is 30.6 Å². The van der Waals surface area contributed by atoms with Gasteiger partial charge in [-0.2, -0.15) is 0 Å². The van der Waals surface area contributed by atoms with Crippen LogP contribution in [0.4, 0.5) is 5.69 Å². The molecule has 0 saturated carbocycles. The Labute approximate surface area is 117 Å². The lowest BCUT2D eigenvalue weighted by Crippen LogP contribution is -2.25. The van der Waals surface area contributed by atoms with Gasteiger partial charge < -0.3 is 9.88 Å². The van der Waals surface area contributed by atoms with Crippen molar-refractivity contribution in [3.05, 3.63) is 45.2 Å². The summed E-state index contributed by atoms with van der Waals surface area (Å²) < 4.78 is 1.62. The monoisotopic (exact) mass is 296 g/mol. The first-order chi connectivity index (χ1) is 9.50. The Bertz CT molecular complexity index is 671. The molecular weight excluding hydrogens is 288 g/mol. The van der Waals surface area contributed by atoms with Crippen LogP contribution in [0.5, 0.6) is 0 Å². The largest absolute Gasteiger partial charge is 0.345 e. The standard InChI is InChI=1S/C10H9ClN6O3/c1-16-5-14-15-7(16)4-13-10(18)6-2-3-12-9(11)8(6)17(19)20/h2-3,5H,4H2,1H3,(H,13,18). The van der Waals surface area contributed by atoms with Gasteiger partial charge in [-0.25, -0.2) is 4.98 Å². The normalized spacial score (nSPS) is 10.3. The van der Waals surface area contributed by atoms with Crippen molar-refractivity contribution in [2.75, 3.05) is 0 Å². The van der Waals surface area contributed by atoms with Crippen molar-refractivity contribution < 1.29 is 9.72 Å². The summed E-state index contributed by atoms with van der Waals surface area (Å²) in [4.78, 5) is 25.7. The molecule has 0 aliphatic carbocycles. The molecule has 0 radical (unpaired) electrons. The van der Waals surface area contributed by atoms with Crippen LogP contribution < -0.4 is 5.32 Å². The fraction of sp³-hybridized carbons (Fsp3) is 0.200. The summed E-state index contributed by atoms with van der Waals surface area (Å²) in [5, 5.41) is 20.5. The molecule has 0 unspecified atom stereocenters. The fourth-order valence-corrected chi connectivity index (χ4v) is 1.73. The van der Waals surface area contributed by atoms with Gasteiger partial charge in [-0.1, -0.05) is 11.6 Å². The number of nitro groups is 1. The summed E-state index contributed by atoms with van der Waals surface area (Å²) in [6.07, 6.45) is 2.71. The number of hydrogen-bond acceptors (Lipinski definition) is 6. The maximum absolute atomic E-state index is 12.0. The molecule has 2 aromatic heterocycles. The number of halogens is 1. The van der Waals surface area contributed by atoms with Crippen LogP contribution >= 0.6 is 11.6 Å². The van der Waals surface area contributed by atoms with Crippen LogP contribution in [0.15, 0.2) is 18.6 Å². The number of nitrogens with zero attached hydrogens (tertiary/aromatic N) is 5. The maximum atomic E-state index is 12.0. The summed E-state index contributed by atoms with van der Waals surface area (Å²) >= 11 is 5.63. The van der Waals surface area contributed by atoms with Gasteiger partial charge in [0.1, 0.15) is 11.9 Å². The van der Waals surface area contributed by atoms with Crippen molar-refractivity contribution in [2.24, 2.45) is 7.05 Å². The molecule has 10 heteroatoms. The second-order valence-corrected chi connectivity index (χ2v) is 4.15. The van der Waals surface area contributed by atoms with Crippen LogP contribution in [0.1, 0.15) is 16.2 Å². The van der Waals surface area contributed by atoms with Gasteiger partial charge in [-0.15, -0.1) is 10.2 Å². The van der Waals surface area contributed by atoms with E-state index in [9.17, 15) is 14.9 Å². The third-order valence-electron chi connectivity index (χ3n) is 2.52. The molecule has 0 aliphatic rings. The number of aromatic nitrogens is 4. The van der Waals surface area contributed by atoms with Crippen molar-refractivity contribution in [1.82, 2.24) is 25.1 Å². The van der Waals surface area contributed by atoms with Crippen molar-refractivity contribution in [1.29, 1.82) is 0 Å². The van der Waals surface area contributed by atoms with E-state index < -0.39 is 16.5 Å². The van der Waals surface area contributed by atoms with Crippen LogP contribution in [0.2, 0.25) is 5.15 Å². The molecule has 20 heavy (non-hydrogen) atoms. The molecule has 104 valence electrons. The van der Waals surface area contributed by atoms with Gasteiger partial charge >= 0.3 is 5.69 Å². The van der Waals surface area contributed by atoms with Gasteiger partial charge in [-0.3, -0.25) is 14.9 Å². The van der Waals surface area contributed by atoms with Gasteiger partial charge in [0.15, 0.2) is 5.82 Å². The highest BCUT2D eigenvalue weighted by molar-refractivity contribution is 6.32. The Balaban J connectivity index is 2.20. The summed E-state index contributed by atoms with van der Waals surface area (Å²) in [6.45, 7) is 0.0897. The minimum atomic E-state index is -0.743. The van der Waals surface area contributed by atoms with E-state index in [2.05, 4.69) is 20.5 Å². The number of amides is 1. The van der Waals surface area contributed by atoms with Crippen molar-refractivity contribution in [3.63, 3.8) is 0 Å². The first-order valence-electron chi connectivity index (χ1n) is 5.40. The van der Waals surface area contributed by atoms with E-state index in [1.807, 2.05) is 0 Å². The van der Waals surface area contributed by atoms with E-state index in [0.717, 1.165) is 0 Å². The van der Waals surface area contributed by atoms with Crippen LogP contribution in [-0.2, 0) is 13.6 Å². The van der Waals surface area contributed by atoms with E-state index >= 15 is 0 Å². The van der Waals surface area contributed by atoms with Crippen molar-refractivity contribution in [2.45, 2.75) is 6.54 Å². The predicted molar refractivity (Wildman–Crippen MR) is 68.1 cm³/mol. The molecule has 2 heterocycles. The third-order valence-corrected chi connectivity index (χ3v) is 2.80. The molecule has 0 atom stereocenters. The van der Waals surface area contributed by atoms with Crippen molar-refractivity contribution in [3.8, 4) is 0 Å². The zero-order chi connectivity index (χ0) is 14.7. The van der Waals surface area contributed by atoms with Crippen molar-refractivity contribution >= 4 is 23.2 Å². The molecular formula is C10H9ClN6O3. The molecule has 2 rings (SSSR count). The molecule has 9 nitrogen and oxygen atoms in total. The highest BCUT2D eigenvalue weighted by Gasteiger charge is 2.24. The first-order valence-corrected chi connectivity index (χ1v) is 5.78. The Kier molecular flexibility index (Phi) is 3.89. The van der Waals surface area contributed by atoms with Gasteiger partial charge in [0.25, 0.3) is 5.91 Å². The second kappa shape index (κ2) is 5.61. The smallest absolute Gasteiger partial charge is 0.319 e. The van der Waals surface area contributed by atoms with Gasteiger partial charge in [0.05, 0.1) is 11.5 Å². The lowest BCUT2D eigenvalue weighted by Gasteiger charge is -2.05. The molecule has 2 aromatic rings. The maximum Gasteiger partial charge on any atom is 0.319 e. The SMILES string of the molecule is Cn1cnnc1CNC(=O)c1ccnc(Cl)c1[N+](=O)[O-]. The summed E-state index contributed by atoms with van der Waals surface area (Å²) in [7, 11) is 1.72. The van der Waals surface area contributed by atoms with E-state index in [1.165, 1.54) is 18.6 Å². The Morgan fingerprint density at radius 1 is 1.60 bits per heavy atom. The number of hydrogen-bond donors (Lipinski definition) is 1. The zero-order valence-corrected chi connectivity index (χ0v) is 11.0. The Hall–Kier alpha value is -2.55. The van der Waals surface area contributed by atoms with E-state index in [4.69, 9.17) is 11.6 Å². The highest BCUT2D eigenvalue weighted by Crippen LogP contribution is 2.25. The second-order valence-electron chi connectivity index (χ2n) is 3.80. The van der Waals surface area contributed by atoms with Gasteiger partial charge in [0, 0.05) is 13.2 Å². The van der Waals surface area contributed by atoms with Crippen LogP contribution in [0.3, 0.4) is 0 Å². The molecule has 1 amide bonds. The Morgan fingerprint density at radius 3 is 2.95 bits per heavy atom. The minimum Gasteiger partial charge on any atom is -0.345 e. The van der Waals surface area contributed by atoms with E-state index in [0.29, 0.717) is 5.82 Å². The topological polar surface area (TPSA) is 116 Å². The average molecular weight is 297 g/mol. The fourth-order valence-electron chi connectivity index (χ4n) is 1.51. The molecule has 0 bridgehead atoms. The van der Waals surface area contributed by atoms with Gasteiger partial charge in [0.2, 0.25) is 5.15 Å². The molecule has 0 aromatic carbocycles. The molecule has 0 fully saturated rings. The summed E-state index contributed by atoms with van der Waals surface area (Å²) in [5.41, 5.74) is -0.679. The molecule has 1 N–H and O–H groups in total. The lowest BCUT2D eigenvalue weighted by molar-refractivity contribution is -0.385. The number of pyridine rings is 1. The van der Waals surface area contributed by atoms with Crippen LogP contribution in [0.25, 0.3) is 0 Å². The summed E-state index contributed by atoms with van der Waals surface area (Å²) in [6, 6.07) is 1.23. The van der Waals surface area contributed by atoms with Crippen LogP contribution in [0, 0.1) is 10.1 Å². The molecule has 0 saturated heterocycles. The van der Waals surface area contributed by atoms with Gasteiger partial charge in [-0.05, 0) is 6.07 Å². The highest BCUT2D eigenvalue weighted by atomic mass is 35.5. The van der Waals surface area contributed by atoms with E-state index in [-0.39, 0.29) is 17.3 Å². The number of carbonyl (C=O) groups is 1. The summed E-state index contributed by atoms with van der Waals surface area (Å²) in [5.74, 6) is -0.120. The number of aryl methyl sites for hydroxylation is 1. The minimum absolute atomic E-state index is 0.0897. The van der Waals surface area contributed by atoms with E-state index in [1.54, 1.807) is 11.6 Å². The number of rotatable bonds is 4.